The first kappa shape index (κ1) is 17.0. The summed E-state index contributed by atoms with van der Waals surface area (Å²) in [6, 6.07) is 15.4. The Kier molecular flexibility index (Phi) is 5.92. The predicted molar refractivity (Wildman–Crippen MR) is 87.4 cm³/mol. The van der Waals surface area contributed by atoms with Crippen molar-refractivity contribution in [2.45, 2.75) is 6.42 Å². The molecule has 0 atom stereocenters. The standard InChI is InChI=1S/C18H16N2O4/c1-23-18(22)10-13-4-8-16(9-5-13)24-12-17(21)20-15-6-2-14(11-19)3-7-15/h2-9H,10,12H2,1H3,(H,20,21). The van der Waals surface area contributed by atoms with E-state index in [1.807, 2.05) is 6.07 Å². The number of benzene rings is 2. The molecule has 1 amide bonds. The van der Waals surface area contributed by atoms with Gasteiger partial charge in [0.05, 0.1) is 25.2 Å². The van der Waals surface area contributed by atoms with Gasteiger partial charge in [-0.3, -0.25) is 9.59 Å². The highest BCUT2D eigenvalue weighted by Crippen LogP contribution is 2.13. The second-order valence-corrected chi connectivity index (χ2v) is 4.92. The van der Waals surface area contributed by atoms with Crippen molar-refractivity contribution >= 4 is 17.6 Å². The summed E-state index contributed by atoms with van der Waals surface area (Å²) in [5, 5.41) is 11.4. The van der Waals surface area contributed by atoms with Gasteiger partial charge in [0.15, 0.2) is 6.61 Å². The monoisotopic (exact) mass is 324 g/mol. The lowest BCUT2D eigenvalue weighted by atomic mass is 10.1. The number of hydrogen-bond donors (Lipinski definition) is 1. The van der Waals surface area contributed by atoms with Crippen molar-refractivity contribution in [3.05, 3.63) is 59.7 Å². The molecule has 0 aromatic heterocycles. The summed E-state index contributed by atoms with van der Waals surface area (Å²) in [6.07, 6.45) is 0.190. The van der Waals surface area contributed by atoms with Gasteiger partial charge < -0.3 is 14.8 Å². The fourth-order valence-electron chi connectivity index (χ4n) is 1.92. The lowest BCUT2D eigenvalue weighted by molar-refractivity contribution is -0.139. The van der Waals surface area contributed by atoms with Gasteiger partial charge in [-0.2, -0.15) is 5.26 Å². The Morgan fingerprint density at radius 3 is 2.33 bits per heavy atom. The van der Waals surface area contributed by atoms with Crippen molar-refractivity contribution in [3.8, 4) is 11.8 Å². The third-order valence-electron chi connectivity index (χ3n) is 3.17. The van der Waals surface area contributed by atoms with Gasteiger partial charge in [0.2, 0.25) is 0 Å². The third-order valence-corrected chi connectivity index (χ3v) is 3.17. The van der Waals surface area contributed by atoms with E-state index in [1.165, 1.54) is 7.11 Å². The van der Waals surface area contributed by atoms with Gasteiger partial charge in [-0.05, 0) is 42.0 Å². The van der Waals surface area contributed by atoms with Crippen LogP contribution in [-0.2, 0) is 20.7 Å². The van der Waals surface area contributed by atoms with Crippen molar-refractivity contribution in [1.82, 2.24) is 0 Å². The van der Waals surface area contributed by atoms with Gasteiger partial charge in [-0.1, -0.05) is 12.1 Å². The van der Waals surface area contributed by atoms with E-state index < -0.39 is 0 Å². The Morgan fingerprint density at radius 1 is 1.08 bits per heavy atom. The van der Waals surface area contributed by atoms with E-state index in [0.29, 0.717) is 17.0 Å². The number of nitriles is 1. The zero-order valence-electron chi connectivity index (χ0n) is 13.1. The van der Waals surface area contributed by atoms with E-state index >= 15 is 0 Å². The van der Waals surface area contributed by atoms with Crippen molar-refractivity contribution < 1.29 is 19.1 Å². The number of rotatable bonds is 6. The van der Waals surface area contributed by atoms with Gasteiger partial charge in [0.25, 0.3) is 5.91 Å². The highest BCUT2D eigenvalue weighted by atomic mass is 16.5. The number of carbonyl (C=O) groups excluding carboxylic acids is 2. The second kappa shape index (κ2) is 8.34. The average molecular weight is 324 g/mol. The Labute approximate surface area is 139 Å². The summed E-state index contributed by atoms with van der Waals surface area (Å²) in [6.45, 7) is -0.143. The highest BCUT2D eigenvalue weighted by Gasteiger charge is 2.06. The van der Waals surface area contributed by atoms with E-state index in [-0.39, 0.29) is 24.9 Å². The molecular formula is C18H16N2O4. The lowest BCUT2D eigenvalue weighted by Crippen LogP contribution is -2.20. The molecule has 24 heavy (non-hydrogen) atoms. The second-order valence-electron chi connectivity index (χ2n) is 4.92. The molecule has 0 aliphatic heterocycles. The van der Waals surface area contributed by atoms with Gasteiger partial charge in [0.1, 0.15) is 5.75 Å². The Hall–Kier alpha value is -3.33. The molecule has 6 heteroatoms. The van der Waals surface area contributed by atoms with Crippen LogP contribution in [-0.4, -0.2) is 25.6 Å². The van der Waals surface area contributed by atoms with E-state index in [2.05, 4.69) is 10.1 Å². The minimum atomic E-state index is -0.314. The van der Waals surface area contributed by atoms with E-state index in [1.54, 1.807) is 48.5 Å². The predicted octanol–water partition coefficient (Wildman–Crippen LogP) is 2.29. The van der Waals surface area contributed by atoms with Crippen LogP contribution in [0.3, 0.4) is 0 Å². The maximum Gasteiger partial charge on any atom is 0.309 e. The fraction of sp³-hybridized carbons (Fsp3) is 0.167. The smallest absolute Gasteiger partial charge is 0.309 e. The molecule has 0 saturated heterocycles. The van der Waals surface area contributed by atoms with E-state index in [0.717, 1.165) is 5.56 Å². The highest BCUT2D eigenvalue weighted by molar-refractivity contribution is 5.91. The molecule has 122 valence electrons. The van der Waals surface area contributed by atoms with Crippen LogP contribution in [0, 0.1) is 11.3 Å². The summed E-state index contributed by atoms with van der Waals surface area (Å²) in [4.78, 5) is 23.0. The Balaban J connectivity index is 1.82. The van der Waals surface area contributed by atoms with Crippen molar-refractivity contribution in [1.29, 1.82) is 5.26 Å². The number of hydrogen-bond acceptors (Lipinski definition) is 5. The Bertz CT molecular complexity index is 746. The number of carbonyl (C=O) groups is 2. The van der Waals surface area contributed by atoms with Crippen LogP contribution in [0.25, 0.3) is 0 Å². The summed E-state index contributed by atoms with van der Waals surface area (Å²) in [7, 11) is 1.34. The maximum atomic E-state index is 11.8. The van der Waals surface area contributed by atoms with Gasteiger partial charge in [-0.25, -0.2) is 0 Å². The first-order valence-corrected chi connectivity index (χ1v) is 7.19. The molecule has 2 aromatic rings. The quantitative estimate of drug-likeness (QED) is 0.824. The molecule has 1 N–H and O–H groups in total. The molecule has 0 saturated carbocycles. The summed E-state index contributed by atoms with van der Waals surface area (Å²) < 4.78 is 9.98. The molecule has 0 spiro atoms. The molecule has 0 aliphatic rings. The molecule has 2 aromatic carbocycles. The zero-order chi connectivity index (χ0) is 17.4. The molecule has 0 bridgehead atoms. The third kappa shape index (κ3) is 5.14. The van der Waals surface area contributed by atoms with Crippen LogP contribution >= 0.6 is 0 Å². The van der Waals surface area contributed by atoms with Crippen molar-refractivity contribution in [2.75, 3.05) is 19.0 Å². The summed E-state index contributed by atoms with van der Waals surface area (Å²) in [5.74, 6) is -0.0950. The maximum absolute atomic E-state index is 11.8. The fourth-order valence-corrected chi connectivity index (χ4v) is 1.92. The number of ether oxygens (including phenoxy) is 2. The number of nitrogens with one attached hydrogen (secondary N) is 1. The van der Waals surface area contributed by atoms with Gasteiger partial charge in [-0.15, -0.1) is 0 Å². The lowest BCUT2D eigenvalue weighted by Gasteiger charge is -2.08. The number of amides is 1. The number of nitrogens with zero attached hydrogens (tertiary/aromatic N) is 1. The first-order chi connectivity index (χ1) is 11.6. The zero-order valence-corrected chi connectivity index (χ0v) is 13.1. The molecular weight excluding hydrogens is 308 g/mol. The van der Waals surface area contributed by atoms with E-state index in [4.69, 9.17) is 10.00 Å². The number of esters is 1. The van der Waals surface area contributed by atoms with Crippen LogP contribution < -0.4 is 10.1 Å². The van der Waals surface area contributed by atoms with E-state index in [9.17, 15) is 9.59 Å². The minimum absolute atomic E-state index is 0.143. The topological polar surface area (TPSA) is 88.4 Å². The van der Waals surface area contributed by atoms with Crippen LogP contribution in [0.5, 0.6) is 5.75 Å². The summed E-state index contributed by atoms with van der Waals surface area (Å²) in [5.41, 5.74) is 1.92. The Morgan fingerprint density at radius 2 is 1.75 bits per heavy atom. The van der Waals surface area contributed by atoms with Gasteiger partial charge >= 0.3 is 5.97 Å². The van der Waals surface area contributed by atoms with Crippen molar-refractivity contribution in [3.63, 3.8) is 0 Å². The molecule has 0 fully saturated rings. The van der Waals surface area contributed by atoms with Crippen LogP contribution in [0.2, 0.25) is 0 Å². The average Bonchev–Trinajstić information content (AvgIpc) is 2.61. The molecule has 0 unspecified atom stereocenters. The van der Waals surface area contributed by atoms with Crippen LogP contribution in [0.1, 0.15) is 11.1 Å². The normalized spacial score (nSPS) is 9.67. The first-order valence-electron chi connectivity index (χ1n) is 7.19. The van der Waals surface area contributed by atoms with Crippen LogP contribution in [0.4, 0.5) is 5.69 Å². The SMILES string of the molecule is COC(=O)Cc1ccc(OCC(=O)Nc2ccc(C#N)cc2)cc1. The molecule has 2 rings (SSSR count). The molecule has 6 nitrogen and oxygen atoms in total. The van der Waals surface area contributed by atoms with Crippen molar-refractivity contribution in [2.24, 2.45) is 0 Å². The summed E-state index contributed by atoms with van der Waals surface area (Å²) >= 11 is 0. The molecule has 0 aliphatic carbocycles. The largest absolute Gasteiger partial charge is 0.484 e. The molecule has 0 radical (unpaired) electrons. The minimum Gasteiger partial charge on any atom is -0.484 e. The number of anilines is 1. The molecule has 0 heterocycles. The number of methoxy groups -OCH3 is 1. The van der Waals surface area contributed by atoms with Crippen LogP contribution in [0.15, 0.2) is 48.5 Å². The van der Waals surface area contributed by atoms with Gasteiger partial charge in [0, 0.05) is 5.69 Å².